The smallest absolute Gasteiger partial charge is 0.306 e. The maximum Gasteiger partial charge on any atom is 0.306 e. The molecular formula is C26H46O5. The normalized spacial score (nSPS) is 26.6. The highest BCUT2D eigenvalue weighted by molar-refractivity contribution is 5.71. The van der Waals surface area contributed by atoms with Gasteiger partial charge < -0.3 is 19.3 Å². The molecule has 0 aliphatic carbocycles. The third kappa shape index (κ3) is 10.5. The third-order valence-electron chi connectivity index (χ3n) is 6.39. The molecule has 4 atom stereocenters. The van der Waals surface area contributed by atoms with Gasteiger partial charge in [0.15, 0.2) is 5.79 Å². The fourth-order valence-corrected chi connectivity index (χ4v) is 4.64. The van der Waals surface area contributed by atoms with Crippen molar-refractivity contribution in [2.75, 3.05) is 0 Å². The lowest BCUT2D eigenvalue weighted by atomic mass is 10.0. The number of carbonyl (C=O) groups excluding carboxylic acids is 1. The average Bonchev–Trinajstić information content (AvgIpc) is 3.28. The van der Waals surface area contributed by atoms with Crippen LogP contribution in [0.4, 0.5) is 0 Å². The zero-order valence-electron chi connectivity index (χ0n) is 20.2. The van der Waals surface area contributed by atoms with Crippen LogP contribution in [0.15, 0.2) is 12.2 Å². The lowest BCUT2D eigenvalue weighted by Gasteiger charge is -2.16. The molecule has 0 aromatic rings. The topological polar surface area (TPSA) is 65.0 Å². The van der Waals surface area contributed by atoms with Gasteiger partial charge in [0, 0.05) is 6.42 Å². The number of allylic oxidation sites excluding steroid dienone is 2. The van der Waals surface area contributed by atoms with Crippen molar-refractivity contribution in [2.24, 2.45) is 0 Å². The van der Waals surface area contributed by atoms with E-state index < -0.39 is 11.9 Å². The Morgan fingerprint density at radius 1 is 0.968 bits per heavy atom. The van der Waals surface area contributed by atoms with E-state index in [1.807, 2.05) is 13.8 Å². The van der Waals surface area contributed by atoms with Crippen molar-refractivity contribution in [3.8, 4) is 0 Å². The summed E-state index contributed by atoms with van der Waals surface area (Å²) >= 11 is 0. The maximum absolute atomic E-state index is 11.1. The van der Waals surface area contributed by atoms with Crippen molar-refractivity contribution in [1.29, 1.82) is 0 Å². The van der Waals surface area contributed by atoms with Gasteiger partial charge in [0.2, 0.25) is 0 Å². The third-order valence-corrected chi connectivity index (χ3v) is 6.39. The number of aliphatic hydroxyl groups excluding tert-OH is 1. The van der Waals surface area contributed by atoms with Gasteiger partial charge in [-0.3, -0.25) is 4.79 Å². The Balaban J connectivity index is 1.57. The van der Waals surface area contributed by atoms with Gasteiger partial charge in [0.25, 0.3) is 0 Å². The molecule has 5 heteroatoms. The van der Waals surface area contributed by atoms with Gasteiger partial charge in [0.05, 0.1) is 18.3 Å². The summed E-state index contributed by atoms with van der Waals surface area (Å²) in [6, 6.07) is 0. The summed E-state index contributed by atoms with van der Waals surface area (Å²) in [5, 5.41) is 10.1. The molecule has 0 radical (unpaired) electrons. The Morgan fingerprint density at radius 2 is 1.58 bits per heavy atom. The van der Waals surface area contributed by atoms with Crippen molar-refractivity contribution in [2.45, 2.75) is 147 Å². The van der Waals surface area contributed by atoms with E-state index in [2.05, 4.69) is 19.1 Å². The summed E-state index contributed by atoms with van der Waals surface area (Å²) in [5.41, 5.74) is 0. The molecule has 0 saturated carbocycles. The first-order chi connectivity index (χ1) is 14.9. The summed E-state index contributed by atoms with van der Waals surface area (Å²) < 4.78 is 17.5. The minimum atomic E-state index is -0.556. The Bertz CT molecular complexity index is 530. The molecule has 0 aromatic heterocycles. The molecule has 0 unspecified atom stereocenters. The zero-order valence-corrected chi connectivity index (χ0v) is 20.2. The van der Waals surface area contributed by atoms with Crippen molar-refractivity contribution >= 4 is 5.97 Å². The van der Waals surface area contributed by atoms with E-state index in [4.69, 9.17) is 14.2 Å². The number of esters is 1. The van der Waals surface area contributed by atoms with E-state index in [0.717, 1.165) is 25.7 Å². The fraction of sp³-hybridized carbons (Fsp3) is 0.885. The van der Waals surface area contributed by atoms with Crippen molar-refractivity contribution in [1.82, 2.24) is 0 Å². The molecule has 2 aliphatic rings. The van der Waals surface area contributed by atoms with E-state index in [9.17, 15) is 9.90 Å². The van der Waals surface area contributed by atoms with Gasteiger partial charge in [-0.1, -0.05) is 70.4 Å². The zero-order chi connectivity index (χ0) is 22.5. The van der Waals surface area contributed by atoms with Crippen LogP contribution in [0.2, 0.25) is 0 Å². The van der Waals surface area contributed by atoms with Crippen molar-refractivity contribution in [3.63, 3.8) is 0 Å². The highest BCUT2D eigenvalue weighted by Crippen LogP contribution is 2.33. The molecule has 2 aliphatic heterocycles. The number of ether oxygens (including phenoxy) is 3. The lowest BCUT2D eigenvalue weighted by molar-refractivity contribution is -0.147. The molecule has 2 saturated heterocycles. The van der Waals surface area contributed by atoms with Crippen LogP contribution in [0.25, 0.3) is 0 Å². The van der Waals surface area contributed by atoms with Crippen LogP contribution >= 0.6 is 0 Å². The Kier molecular flexibility index (Phi) is 12.1. The number of cyclic esters (lactones) is 1. The molecule has 31 heavy (non-hydrogen) atoms. The van der Waals surface area contributed by atoms with E-state index in [1.165, 1.54) is 51.4 Å². The van der Waals surface area contributed by atoms with Crippen molar-refractivity contribution < 1.29 is 24.1 Å². The van der Waals surface area contributed by atoms with E-state index in [1.54, 1.807) is 0 Å². The number of rotatable bonds is 16. The number of aliphatic hydroxyl groups is 1. The molecule has 2 heterocycles. The highest BCUT2D eigenvalue weighted by Gasteiger charge is 2.40. The molecule has 0 aromatic carbocycles. The predicted octanol–water partition coefficient (Wildman–Crippen LogP) is 6.22. The molecule has 0 amide bonds. The first-order valence-electron chi connectivity index (χ1n) is 12.8. The molecule has 0 spiro atoms. The summed E-state index contributed by atoms with van der Waals surface area (Å²) in [5.74, 6) is -0.676. The molecular weight excluding hydrogens is 392 g/mol. The van der Waals surface area contributed by atoms with Crippen molar-refractivity contribution in [3.05, 3.63) is 12.2 Å². The maximum atomic E-state index is 11.1. The molecule has 2 fully saturated rings. The van der Waals surface area contributed by atoms with Crippen LogP contribution < -0.4 is 0 Å². The minimum absolute atomic E-state index is 0.160. The fourth-order valence-electron chi connectivity index (χ4n) is 4.64. The van der Waals surface area contributed by atoms with Gasteiger partial charge in [0.1, 0.15) is 6.10 Å². The van der Waals surface area contributed by atoms with Gasteiger partial charge in [-0.05, 0) is 52.4 Å². The van der Waals surface area contributed by atoms with E-state index in [0.29, 0.717) is 19.3 Å². The summed E-state index contributed by atoms with van der Waals surface area (Å²) in [7, 11) is 0. The second-order valence-corrected chi connectivity index (χ2v) is 9.74. The predicted molar refractivity (Wildman–Crippen MR) is 124 cm³/mol. The Hall–Kier alpha value is -0.910. The van der Waals surface area contributed by atoms with Gasteiger partial charge in [-0.25, -0.2) is 0 Å². The molecule has 5 nitrogen and oxygen atoms in total. The number of hydrogen-bond donors (Lipinski definition) is 1. The quantitative estimate of drug-likeness (QED) is 0.176. The number of carbonyl (C=O) groups is 1. The van der Waals surface area contributed by atoms with Gasteiger partial charge in [-0.2, -0.15) is 0 Å². The largest absolute Gasteiger partial charge is 0.460 e. The van der Waals surface area contributed by atoms with Crippen LogP contribution in [-0.4, -0.2) is 41.3 Å². The first-order valence-corrected chi connectivity index (χ1v) is 12.8. The summed E-state index contributed by atoms with van der Waals surface area (Å²) in [6.07, 6.45) is 19.9. The monoisotopic (exact) mass is 438 g/mol. The van der Waals surface area contributed by atoms with E-state index in [-0.39, 0.29) is 24.3 Å². The van der Waals surface area contributed by atoms with Crippen LogP contribution in [0.5, 0.6) is 0 Å². The molecule has 1 N–H and O–H groups in total. The second kappa shape index (κ2) is 14.3. The number of hydrogen-bond acceptors (Lipinski definition) is 5. The van der Waals surface area contributed by atoms with Gasteiger partial charge in [-0.15, -0.1) is 0 Å². The lowest BCUT2D eigenvalue weighted by Crippen LogP contribution is -2.25. The molecule has 2 rings (SSSR count). The van der Waals surface area contributed by atoms with Crippen LogP contribution in [-0.2, 0) is 19.0 Å². The van der Waals surface area contributed by atoms with Crippen LogP contribution in [0, 0.1) is 0 Å². The number of unbranched alkanes of at least 4 members (excludes halogenated alkanes) is 7. The van der Waals surface area contributed by atoms with Crippen LogP contribution in [0.1, 0.15) is 117 Å². The second-order valence-electron chi connectivity index (χ2n) is 9.74. The van der Waals surface area contributed by atoms with Gasteiger partial charge >= 0.3 is 5.97 Å². The highest BCUT2D eigenvalue weighted by atomic mass is 16.7. The SMILES string of the molecule is CCCCCCCCCC[C@@H]1OC(C)(C)O[C@@H]1CC/C=C\CC[C@H](O)[C@H]1CCC(=O)O1. The Labute approximate surface area is 189 Å². The standard InChI is InChI=1S/C26H46O5/c1-4-5-6-7-8-9-10-14-17-23-24(31-26(2,3)30-23)18-15-12-11-13-16-21(27)22-19-20-25(28)29-22/h11-12,21-24,27H,4-10,13-20H2,1-3H3/b12-11-/t21-,22+,23-,24+/m0/s1. The minimum Gasteiger partial charge on any atom is -0.460 e. The summed E-state index contributed by atoms with van der Waals surface area (Å²) in [6.45, 7) is 6.29. The van der Waals surface area contributed by atoms with E-state index >= 15 is 0 Å². The van der Waals surface area contributed by atoms with Crippen LogP contribution in [0.3, 0.4) is 0 Å². The summed E-state index contributed by atoms with van der Waals surface area (Å²) in [4.78, 5) is 11.1. The Morgan fingerprint density at radius 3 is 2.23 bits per heavy atom. The molecule has 180 valence electrons. The molecule has 0 bridgehead atoms. The first kappa shape index (κ1) is 26.3. The average molecular weight is 439 g/mol.